The number of piperazine rings is 1. The van der Waals surface area contributed by atoms with Crippen molar-refractivity contribution in [1.29, 1.82) is 0 Å². The molecule has 3 aromatic rings. The van der Waals surface area contributed by atoms with Crippen LogP contribution in [-0.4, -0.2) is 76.0 Å². The number of nitrogens with one attached hydrogen (secondary N) is 2. The van der Waals surface area contributed by atoms with E-state index in [0.29, 0.717) is 17.3 Å². The molecule has 4 heterocycles. The van der Waals surface area contributed by atoms with E-state index in [1.807, 2.05) is 13.0 Å². The number of carbonyl (C=O) groups excluding carboxylic acids is 1. The summed E-state index contributed by atoms with van der Waals surface area (Å²) in [5.41, 5.74) is 1.97. The van der Waals surface area contributed by atoms with Crippen LogP contribution in [0.4, 0.5) is 24.8 Å². The summed E-state index contributed by atoms with van der Waals surface area (Å²) < 4.78 is 38.8. The molecule has 1 aliphatic rings. The fraction of sp³-hybridized carbons (Fsp3) is 0.350. The quantitative estimate of drug-likeness (QED) is 0.509. The van der Waals surface area contributed by atoms with Crippen molar-refractivity contribution >= 4 is 29.2 Å². The standard InChI is InChI=1S/C18H21N7O2.C2HF3O2/c1-12-18(27-2)25-11-13(3-5-15(25)20-12)17(26)21-14-4-6-16(23-22-14)24-9-7-19-8-10-24;3-2(4,5)1(6)7/h3-6,11,19H,7-10H2,1-2H3,(H,21,22,26);(H,6,7). The lowest BCUT2D eigenvalue weighted by molar-refractivity contribution is -0.192. The van der Waals surface area contributed by atoms with Crippen molar-refractivity contribution < 1.29 is 32.6 Å². The zero-order chi connectivity index (χ0) is 24.9. The zero-order valence-corrected chi connectivity index (χ0v) is 18.3. The first kappa shape index (κ1) is 24.7. The van der Waals surface area contributed by atoms with Crippen molar-refractivity contribution in [2.75, 3.05) is 43.5 Å². The van der Waals surface area contributed by atoms with Gasteiger partial charge in [-0.15, -0.1) is 10.2 Å². The van der Waals surface area contributed by atoms with Gasteiger partial charge in [-0.1, -0.05) is 0 Å². The molecule has 0 unspecified atom stereocenters. The molecular weight excluding hydrogens is 459 g/mol. The third-order valence-corrected chi connectivity index (χ3v) is 4.77. The molecule has 0 saturated carbocycles. The number of imidazole rings is 1. The monoisotopic (exact) mass is 481 g/mol. The molecule has 0 aromatic carbocycles. The molecular formula is C20H22F3N7O4. The largest absolute Gasteiger partial charge is 0.490 e. The van der Waals surface area contributed by atoms with Gasteiger partial charge in [0.2, 0.25) is 5.88 Å². The molecule has 0 bridgehead atoms. The van der Waals surface area contributed by atoms with Gasteiger partial charge in [0.25, 0.3) is 5.91 Å². The molecule has 0 aliphatic carbocycles. The molecule has 1 amide bonds. The summed E-state index contributed by atoms with van der Waals surface area (Å²) in [5, 5.41) is 21.6. The number of carboxylic acids is 1. The first-order valence-corrected chi connectivity index (χ1v) is 10.0. The molecule has 1 saturated heterocycles. The van der Waals surface area contributed by atoms with Crippen LogP contribution in [-0.2, 0) is 4.79 Å². The number of anilines is 2. The van der Waals surface area contributed by atoms with Gasteiger partial charge in [-0.25, -0.2) is 9.78 Å². The Labute approximate surface area is 191 Å². The topological polar surface area (TPSA) is 134 Å². The van der Waals surface area contributed by atoms with Crippen LogP contribution >= 0.6 is 0 Å². The van der Waals surface area contributed by atoms with Crippen LogP contribution in [0.15, 0.2) is 30.5 Å². The van der Waals surface area contributed by atoms with Crippen LogP contribution in [0.3, 0.4) is 0 Å². The van der Waals surface area contributed by atoms with E-state index in [-0.39, 0.29) is 5.91 Å². The van der Waals surface area contributed by atoms with E-state index < -0.39 is 12.1 Å². The molecule has 0 spiro atoms. The van der Waals surface area contributed by atoms with Gasteiger partial charge in [0, 0.05) is 32.4 Å². The molecule has 11 nitrogen and oxygen atoms in total. The van der Waals surface area contributed by atoms with Gasteiger partial charge < -0.3 is 25.4 Å². The van der Waals surface area contributed by atoms with Gasteiger partial charge in [-0.05, 0) is 31.2 Å². The molecule has 0 atom stereocenters. The maximum Gasteiger partial charge on any atom is 0.490 e. The summed E-state index contributed by atoms with van der Waals surface area (Å²) in [6, 6.07) is 7.14. The highest BCUT2D eigenvalue weighted by atomic mass is 19.4. The van der Waals surface area contributed by atoms with Gasteiger partial charge in [0.05, 0.1) is 12.7 Å². The molecule has 14 heteroatoms. The van der Waals surface area contributed by atoms with Gasteiger partial charge in [0.1, 0.15) is 11.3 Å². The number of halogens is 3. The SMILES string of the molecule is COc1c(C)nc2ccc(C(=O)Nc3ccc(N4CCNCC4)nn3)cn12.O=C(O)C(F)(F)F. The molecule has 182 valence electrons. The summed E-state index contributed by atoms with van der Waals surface area (Å²) in [5.74, 6) is -1.19. The normalized spacial score (nSPS) is 13.7. The van der Waals surface area contributed by atoms with E-state index in [1.54, 1.807) is 35.9 Å². The van der Waals surface area contributed by atoms with Gasteiger partial charge in [-0.2, -0.15) is 13.2 Å². The van der Waals surface area contributed by atoms with Crippen LogP contribution in [0.1, 0.15) is 16.1 Å². The lowest BCUT2D eigenvalue weighted by Crippen LogP contribution is -2.43. The second-order valence-electron chi connectivity index (χ2n) is 7.12. The Balaban J connectivity index is 0.000000406. The van der Waals surface area contributed by atoms with Crippen LogP contribution in [0, 0.1) is 6.92 Å². The molecule has 1 aliphatic heterocycles. The van der Waals surface area contributed by atoms with E-state index in [0.717, 1.165) is 43.3 Å². The maximum atomic E-state index is 12.6. The van der Waals surface area contributed by atoms with Crippen molar-refractivity contribution in [2.24, 2.45) is 0 Å². The Bertz CT molecular complexity index is 1160. The molecule has 3 N–H and O–H groups in total. The third-order valence-electron chi connectivity index (χ3n) is 4.77. The van der Waals surface area contributed by atoms with Crippen LogP contribution in [0.25, 0.3) is 5.65 Å². The maximum absolute atomic E-state index is 12.6. The fourth-order valence-electron chi connectivity index (χ4n) is 3.16. The highest BCUT2D eigenvalue weighted by molar-refractivity contribution is 6.03. The van der Waals surface area contributed by atoms with E-state index in [4.69, 9.17) is 14.6 Å². The summed E-state index contributed by atoms with van der Waals surface area (Å²) in [4.78, 5) is 28.0. The van der Waals surface area contributed by atoms with Crippen LogP contribution in [0.5, 0.6) is 5.88 Å². The van der Waals surface area contributed by atoms with Gasteiger partial charge in [0.15, 0.2) is 11.6 Å². The number of methoxy groups -OCH3 is 1. The Morgan fingerprint density at radius 1 is 1.15 bits per heavy atom. The first-order chi connectivity index (χ1) is 16.1. The van der Waals surface area contributed by atoms with Crippen molar-refractivity contribution in [2.45, 2.75) is 13.1 Å². The smallest absolute Gasteiger partial charge is 0.481 e. The number of rotatable bonds is 4. The number of hydrogen-bond donors (Lipinski definition) is 3. The Hall–Kier alpha value is -3.94. The van der Waals surface area contributed by atoms with Crippen LogP contribution in [0.2, 0.25) is 0 Å². The number of hydrogen-bond acceptors (Lipinski definition) is 8. The average molecular weight is 481 g/mol. The minimum absolute atomic E-state index is 0.269. The molecule has 0 radical (unpaired) electrons. The predicted molar refractivity (Wildman–Crippen MR) is 115 cm³/mol. The van der Waals surface area contributed by atoms with Gasteiger partial charge >= 0.3 is 12.1 Å². The number of carboxylic acid groups (broad SMARTS) is 1. The Morgan fingerprint density at radius 2 is 1.82 bits per heavy atom. The molecule has 34 heavy (non-hydrogen) atoms. The first-order valence-electron chi connectivity index (χ1n) is 10.0. The van der Waals surface area contributed by atoms with Crippen molar-refractivity contribution in [3.63, 3.8) is 0 Å². The fourth-order valence-corrected chi connectivity index (χ4v) is 3.16. The number of pyridine rings is 1. The number of amides is 1. The van der Waals surface area contributed by atoms with E-state index in [1.165, 1.54) is 0 Å². The van der Waals surface area contributed by atoms with E-state index in [2.05, 4.69) is 30.7 Å². The molecule has 3 aromatic heterocycles. The Morgan fingerprint density at radius 3 is 2.38 bits per heavy atom. The average Bonchev–Trinajstić information content (AvgIpc) is 3.14. The number of ether oxygens (including phenoxy) is 1. The summed E-state index contributed by atoms with van der Waals surface area (Å²) in [6.07, 6.45) is -3.38. The Kier molecular flexibility index (Phi) is 7.50. The minimum atomic E-state index is -5.08. The number of aryl methyl sites for hydroxylation is 1. The second-order valence-corrected chi connectivity index (χ2v) is 7.12. The highest BCUT2D eigenvalue weighted by Crippen LogP contribution is 2.21. The summed E-state index contributed by atoms with van der Waals surface area (Å²) >= 11 is 0. The van der Waals surface area contributed by atoms with Gasteiger partial charge in [-0.3, -0.25) is 9.20 Å². The minimum Gasteiger partial charge on any atom is -0.481 e. The molecule has 1 fully saturated rings. The number of aliphatic carboxylic acids is 1. The highest BCUT2D eigenvalue weighted by Gasteiger charge is 2.38. The number of carbonyl (C=O) groups is 2. The summed E-state index contributed by atoms with van der Waals surface area (Å²) in [7, 11) is 1.58. The lowest BCUT2D eigenvalue weighted by atomic mass is 10.2. The third kappa shape index (κ3) is 5.89. The summed E-state index contributed by atoms with van der Waals surface area (Å²) in [6.45, 7) is 5.51. The van der Waals surface area contributed by atoms with Crippen molar-refractivity contribution in [3.05, 3.63) is 41.7 Å². The van der Waals surface area contributed by atoms with Crippen molar-refractivity contribution in [3.8, 4) is 5.88 Å². The lowest BCUT2D eigenvalue weighted by Gasteiger charge is -2.27. The number of nitrogens with zero attached hydrogens (tertiary/aromatic N) is 5. The van der Waals surface area contributed by atoms with Crippen molar-refractivity contribution in [1.82, 2.24) is 24.9 Å². The molecule has 4 rings (SSSR count). The van der Waals surface area contributed by atoms with E-state index >= 15 is 0 Å². The number of fused-ring (bicyclic) bond motifs is 1. The van der Waals surface area contributed by atoms with E-state index in [9.17, 15) is 18.0 Å². The van der Waals surface area contributed by atoms with Crippen LogP contribution < -0.4 is 20.3 Å². The number of alkyl halides is 3. The predicted octanol–water partition coefficient (Wildman–Crippen LogP) is 1.74. The number of aromatic nitrogens is 4. The zero-order valence-electron chi connectivity index (χ0n) is 18.3. The second kappa shape index (κ2) is 10.3.